The van der Waals surface area contributed by atoms with Gasteiger partial charge in [-0.05, 0) is 69.8 Å². The number of ketones is 1. The molecule has 5 rings (SSSR count). The molecule has 1 aromatic heterocycles. The number of rotatable bonds is 9. The van der Waals surface area contributed by atoms with Gasteiger partial charge in [0.2, 0.25) is 11.8 Å². The van der Waals surface area contributed by atoms with E-state index < -0.39 is 11.6 Å². The summed E-state index contributed by atoms with van der Waals surface area (Å²) < 4.78 is 0. The summed E-state index contributed by atoms with van der Waals surface area (Å²) in [5, 5.41) is 14.7. The highest BCUT2D eigenvalue weighted by Crippen LogP contribution is 2.59. The lowest BCUT2D eigenvalue weighted by Gasteiger charge is -2.30. The molecule has 3 aliphatic rings. The fourth-order valence-corrected chi connectivity index (χ4v) is 5.65. The molecule has 2 amide bonds. The average Bonchev–Trinajstić information content (AvgIpc) is 3.24. The summed E-state index contributed by atoms with van der Waals surface area (Å²) in [6, 6.07) is 5.01. The number of hydrogen-bond donors (Lipinski definition) is 2. The zero-order chi connectivity index (χ0) is 26.4. The molecule has 1 saturated heterocycles. The third-order valence-electron chi connectivity index (χ3n) is 8.00. The number of likely N-dealkylation sites (tertiary alicyclic amines) is 1. The van der Waals surface area contributed by atoms with Gasteiger partial charge in [-0.2, -0.15) is 10.2 Å². The van der Waals surface area contributed by atoms with Gasteiger partial charge >= 0.3 is 0 Å². The van der Waals surface area contributed by atoms with E-state index in [0.717, 1.165) is 30.5 Å². The molecule has 0 bridgehead atoms. The Kier molecular flexibility index (Phi) is 6.39. The van der Waals surface area contributed by atoms with Crippen LogP contribution in [0.1, 0.15) is 50.9 Å². The molecule has 4 atom stereocenters. The van der Waals surface area contributed by atoms with Gasteiger partial charge in [0.1, 0.15) is 11.9 Å². The van der Waals surface area contributed by atoms with E-state index in [0.29, 0.717) is 30.0 Å². The minimum atomic E-state index is -1.42. The van der Waals surface area contributed by atoms with Crippen LogP contribution >= 0.6 is 0 Å². The number of nitrogens with one attached hydrogen (secondary N) is 2. The molecule has 10 nitrogen and oxygen atoms in total. The number of hydrogen-bond acceptors (Lipinski definition) is 8. The maximum atomic E-state index is 13.8. The van der Waals surface area contributed by atoms with Gasteiger partial charge in [-0.15, -0.1) is 0 Å². The molecule has 2 aromatic rings. The van der Waals surface area contributed by atoms with Crippen LogP contribution < -0.4 is 10.6 Å². The number of benzene rings is 1. The normalized spacial score (nSPS) is 27.1. The number of amides is 2. The molecule has 1 aromatic carbocycles. The van der Waals surface area contributed by atoms with Crippen molar-refractivity contribution in [2.75, 3.05) is 20.1 Å². The van der Waals surface area contributed by atoms with Crippen LogP contribution in [-0.2, 0) is 19.9 Å². The predicted molar refractivity (Wildman–Crippen MR) is 137 cm³/mol. The molecule has 194 valence electrons. The minimum absolute atomic E-state index is 0.00548. The van der Waals surface area contributed by atoms with Crippen LogP contribution in [0.4, 0.5) is 5.69 Å². The molecule has 1 unspecified atom stereocenters. The van der Waals surface area contributed by atoms with Gasteiger partial charge in [0.25, 0.3) is 0 Å². The minimum Gasteiger partial charge on any atom is -0.354 e. The number of azo groups is 1. The van der Waals surface area contributed by atoms with E-state index in [4.69, 9.17) is 0 Å². The van der Waals surface area contributed by atoms with Crippen LogP contribution in [0.2, 0.25) is 0 Å². The zero-order valence-electron chi connectivity index (χ0n) is 21.7. The monoisotopic (exact) mass is 503 g/mol. The summed E-state index contributed by atoms with van der Waals surface area (Å²) in [6.07, 6.45) is 5.60. The Morgan fingerprint density at radius 2 is 1.86 bits per heavy atom. The first-order valence-corrected chi connectivity index (χ1v) is 12.8. The zero-order valence-corrected chi connectivity index (χ0v) is 21.7. The highest BCUT2D eigenvalue weighted by Gasteiger charge is 2.65. The van der Waals surface area contributed by atoms with Gasteiger partial charge in [0.15, 0.2) is 11.3 Å². The van der Waals surface area contributed by atoms with Crippen molar-refractivity contribution in [2.24, 2.45) is 15.6 Å². The number of nitrogens with zero attached hydrogens (tertiary/aromatic N) is 5. The summed E-state index contributed by atoms with van der Waals surface area (Å²) in [6.45, 7) is 6.73. The lowest BCUT2D eigenvalue weighted by molar-refractivity contribution is -0.142. The van der Waals surface area contributed by atoms with Gasteiger partial charge in [-0.3, -0.25) is 14.4 Å². The maximum Gasteiger partial charge on any atom is 0.242 e. The number of fused-ring (bicyclic) bond motifs is 2. The molecule has 2 fully saturated rings. The number of aryl methyl sites for hydroxylation is 1. The third kappa shape index (κ3) is 4.43. The molecule has 1 saturated carbocycles. The Morgan fingerprint density at radius 1 is 1.11 bits per heavy atom. The van der Waals surface area contributed by atoms with Crippen LogP contribution in [-0.4, -0.2) is 64.7 Å². The van der Waals surface area contributed by atoms with Crippen molar-refractivity contribution >= 4 is 23.3 Å². The molecule has 0 radical (unpaired) electrons. The van der Waals surface area contributed by atoms with Crippen molar-refractivity contribution in [3.8, 4) is 11.1 Å². The second-order valence-corrected chi connectivity index (χ2v) is 10.7. The molecule has 1 aliphatic carbocycles. The van der Waals surface area contributed by atoms with E-state index in [-0.39, 0.29) is 35.5 Å². The fraction of sp³-hybridized carbons (Fsp3) is 0.519. The molecule has 2 N–H and O–H groups in total. The SMILES string of the molecule is CNCCCNC(=O)[C@@H]1C[C@@]2(C)C[C@H]2N1C(=O)CC1(C(C)=O)N=Nc2ccc(-c3cnc(C)nc3)cc21. The van der Waals surface area contributed by atoms with Crippen LogP contribution in [0.25, 0.3) is 11.1 Å². The van der Waals surface area contributed by atoms with Crippen LogP contribution in [0.15, 0.2) is 40.8 Å². The number of carbonyl (C=O) groups excluding carboxylic acids is 3. The van der Waals surface area contributed by atoms with Crippen molar-refractivity contribution in [1.29, 1.82) is 0 Å². The van der Waals surface area contributed by atoms with E-state index in [2.05, 4.69) is 37.8 Å². The van der Waals surface area contributed by atoms with E-state index in [1.807, 2.05) is 26.1 Å². The highest BCUT2D eigenvalue weighted by atomic mass is 16.2. The first-order chi connectivity index (χ1) is 17.7. The van der Waals surface area contributed by atoms with Gasteiger partial charge in [-0.1, -0.05) is 13.0 Å². The summed E-state index contributed by atoms with van der Waals surface area (Å²) in [5.74, 6) is 0.0286. The summed E-state index contributed by atoms with van der Waals surface area (Å²) in [5.41, 5.74) is 1.30. The summed E-state index contributed by atoms with van der Waals surface area (Å²) in [4.78, 5) is 50.3. The van der Waals surface area contributed by atoms with E-state index in [9.17, 15) is 14.4 Å². The quantitative estimate of drug-likeness (QED) is 0.506. The first kappa shape index (κ1) is 25.1. The summed E-state index contributed by atoms with van der Waals surface area (Å²) >= 11 is 0. The average molecular weight is 504 g/mol. The molecular weight excluding hydrogens is 470 g/mol. The van der Waals surface area contributed by atoms with E-state index in [1.54, 1.807) is 23.4 Å². The van der Waals surface area contributed by atoms with Gasteiger partial charge in [-0.25, -0.2) is 9.97 Å². The third-order valence-corrected chi connectivity index (χ3v) is 8.00. The lowest BCUT2D eigenvalue weighted by Crippen LogP contribution is -2.50. The molecule has 3 heterocycles. The summed E-state index contributed by atoms with van der Waals surface area (Å²) in [7, 11) is 1.87. The van der Waals surface area contributed by atoms with Crippen molar-refractivity contribution in [3.05, 3.63) is 42.0 Å². The largest absolute Gasteiger partial charge is 0.354 e. The number of aromatic nitrogens is 2. The number of Topliss-reactive ketones (excluding diaryl/α,β-unsaturated/α-hetero) is 1. The predicted octanol–water partition coefficient (Wildman–Crippen LogP) is 2.83. The Balaban J connectivity index is 1.41. The molecule has 10 heteroatoms. The second kappa shape index (κ2) is 9.41. The smallest absolute Gasteiger partial charge is 0.242 e. The fourth-order valence-electron chi connectivity index (χ4n) is 5.65. The van der Waals surface area contributed by atoms with Crippen LogP contribution in [0.5, 0.6) is 0 Å². The standard InChI is InChI=1S/C27H33N7O3/c1-16(35)27(20-10-18(6-7-21(20)32-33-27)19-14-30-17(2)31-15-19)13-24(36)34-22(11-26(3)12-23(26)34)25(37)29-9-5-8-28-4/h6-7,10,14-15,22-23,28H,5,8-9,11-13H2,1-4H3,(H,29,37)/t22-,23+,26-,27?/m0/s1. The second-order valence-electron chi connectivity index (χ2n) is 10.7. The Bertz CT molecular complexity index is 1280. The molecule has 2 aliphatic heterocycles. The number of piperidine rings is 1. The topological polar surface area (TPSA) is 129 Å². The number of carbonyl (C=O) groups is 3. The van der Waals surface area contributed by atoms with Gasteiger partial charge in [0.05, 0.1) is 12.1 Å². The first-order valence-electron chi connectivity index (χ1n) is 12.8. The molecule has 0 spiro atoms. The van der Waals surface area contributed by atoms with Crippen molar-refractivity contribution in [1.82, 2.24) is 25.5 Å². The van der Waals surface area contributed by atoms with Crippen LogP contribution in [0.3, 0.4) is 0 Å². The van der Waals surface area contributed by atoms with E-state index >= 15 is 0 Å². The molecule has 37 heavy (non-hydrogen) atoms. The Labute approximate surface area is 216 Å². The lowest BCUT2D eigenvalue weighted by atomic mass is 9.82. The highest BCUT2D eigenvalue weighted by molar-refractivity contribution is 5.97. The Hall–Kier alpha value is -3.53. The molecular formula is C27H33N7O3. The van der Waals surface area contributed by atoms with Crippen molar-refractivity contribution in [2.45, 2.75) is 64.1 Å². The van der Waals surface area contributed by atoms with Gasteiger partial charge < -0.3 is 15.5 Å². The Morgan fingerprint density at radius 3 is 2.57 bits per heavy atom. The van der Waals surface area contributed by atoms with E-state index in [1.165, 1.54) is 6.92 Å². The van der Waals surface area contributed by atoms with Crippen LogP contribution in [0, 0.1) is 12.3 Å². The van der Waals surface area contributed by atoms with Crippen molar-refractivity contribution < 1.29 is 14.4 Å². The van der Waals surface area contributed by atoms with Crippen molar-refractivity contribution in [3.63, 3.8) is 0 Å². The maximum absolute atomic E-state index is 13.8. The van der Waals surface area contributed by atoms with Gasteiger partial charge in [0, 0.05) is 36.1 Å².